The molecule has 18 heavy (non-hydrogen) atoms. The molecule has 0 aliphatic rings. The molecule has 1 unspecified atom stereocenters. The Bertz CT molecular complexity index is 351. The van der Waals surface area contributed by atoms with Crippen LogP contribution in [0.15, 0.2) is 18.2 Å². The van der Waals surface area contributed by atoms with Crippen molar-refractivity contribution in [3.8, 4) is 0 Å². The quantitative estimate of drug-likeness (QED) is 0.836. The fraction of sp³-hybridized carbons (Fsp3) is 0.625. The Morgan fingerprint density at radius 3 is 2.11 bits per heavy atom. The van der Waals surface area contributed by atoms with Gasteiger partial charge in [0.2, 0.25) is 0 Å². The lowest BCUT2D eigenvalue weighted by atomic mass is 9.96. The largest absolute Gasteiger partial charge is 0.374 e. The molecule has 0 saturated heterocycles. The lowest BCUT2D eigenvalue weighted by Crippen LogP contribution is -2.31. The van der Waals surface area contributed by atoms with Crippen molar-refractivity contribution in [2.24, 2.45) is 17.6 Å². The highest BCUT2D eigenvalue weighted by Gasteiger charge is 2.12. The number of aryl methyl sites for hydroxylation is 2. The highest BCUT2D eigenvalue weighted by molar-refractivity contribution is 5.50. The van der Waals surface area contributed by atoms with E-state index in [1.165, 1.54) is 23.2 Å². The van der Waals surface area contributed by atoms with Crippen molar-refractivity contribution in [3.05, 3.63) is 29.3 Å². The van der Waals surface area contributed by atoms with Crippen molar-refractivity contribution < 1.29 is 0 Å². The first-order valence-electron chi connectivity index (χ1n) is 6.92. The van der Waals surface area contributed by atoms with Gasteiger partial charge in [0.1, 0.15) is 0 Å². The summed E-state index contributed by atoms with van der Waals surface area (Å²) in [5.74, 6) is 1.29. The second-order valence-electron chi connectivity index (χ2n) is 5.96. The van der Waals surface area contributed by atoms with E-state index in [1.807, 2.05) is 0 Å². The van der Waals surface area contributed by atoms with Gasteiger partial charge in [-0.3, -0.25) is 0 Å². The molecule has 1 rings (SSSR count). The fourth-order valence-electron chi connectivity index (χ4n) is 2.58. The van der Waals surface area contributed by atoms with Gasteiger partial charge in [-0.2, -0.15) is 0 Å². The molecule has 0 fully saturated rings. The maximum absolute atomic E-state index is 5.88. The van der Waals surface area contributed by atoms with Crippen LogP contribution in [0, 0.1) is 25.7 Å². The van der Waals surface area contributed by atoms with Gasteiger partial charge in [-0.15, -0.1) is 0 Å². The molecule has 102 valence electrons. The van der Waals surface area contributed by atoms with Gasteiger partial charge < -0.3 is 10.6 Å². The van der Waals surface area contributed by atoms with Gasteiger partial charge in [-0.25, -0.2) is 0 Å². The van der Waals surface area contributed by atoms with Crippen molar-refractivity contribution in [1.29, 1.82) is 0 Å². The maximum atomic E-state index is 5.88. The van der Waals surface area contributed by atoms with E-state index in [1.54, 1.807) is 0 Å². The van der Waals surface area contributed by atoms with Gasteiger partial charge in [0.05, 0.1) is 0 Å². The molecule has 1 atom stereocenters. The van der Waals surface area contributed by atoms with Gasteiger partial charge in [0.15, 0.2) is 0 Å². The number of nitrogens with two attached hydrogens (primary N) is 1. The Morgan fingerprint density at radius 1 is 1.11 bits per heavy atom. The third-order valence-corrected chi connectivity index (χ3v) is 3.32. The Balaban J connectivity index is 2.71. The molecule has 0 saturated carbocycles. The second kappa shape index (κ2) is 6.79. The molecule has 0 heterocycles. The molecule has 1 aromatic carbocycles. The minimum Gasteiger partial charge on any atom is -0.374 e. The maximum Gasteiger partial charge on any atom is 0.0369 e. The molecule has 0 aliphatic heterocycles. The SMILES string of the molecule is Cc1cc(C)cc(N(C)CC(CN)CC(C)C)c1. The van der Waals surface area contributed by atoms with E-state index < -0.39 is 0 Å². The van der Waals surface area contributed by atoms with Crippen LogP contribution in [0.5, 0.6) is 0 Å². The average Bonchev–Trinajstić information content (AvgIpc) is 2.26. The third kappa shape index (κ3) is 4.69. The number of hydrogen-bond acceptors (Lipinski definition) is 2. The molecular formula is C16H28N2. The van der Waals surface area contributed by atoms with Crippen molar-refractivity contribution in [1.82, 2.24) is 0 Å². The molecule has 2 heteroatoms. The van der Waals surface area contributed by atoms with Crippen LogP contribution in [-0.4, -0.2) is 20.1 Å². The summed E-state index contributed by atoms with van der Waals surface area (Å²) in [6.45, 7) is 10.6. The standard InChI is InChI=1S/C16H28N2/c1-12(2)6-15(10-17)11-18(5)16-8-13(3)7-14(4)9-16/h7-9,12,15H,6,10-11,17H2,1-5H3. The lowest BCUT2D eigenvalue weighted by Gasteiger charge is -2.26. The van der Waals surface area contributed by atoms with Gasteiger partial charge in [0, 0.05) is 19.3 Å². The summed E-state index contributed by atoms with van der Waals surface area (Å²) in [5, 5.41) is 0. The number of anilines is 1. The van der Waals surface area contributed by atoms with Crippen LogP contribution in [-0.2, 0) is 0 Å². The van der Waals surface area contributed by atoms with Crippen LogP contribution in [0.4, 0.5) is 5.69 Å². The van der Waals surface area contributed by atoms with Crippen molar-refractivity contribution >= 4 is 5.69 Å². The first-order valence-corrected chi connectivity index (χ1v) is 6.92. The monoisotopic (exact) mass is 248 g/mol. The zero-order chi connectivity index (χ0) is 13.7. The summed E-state index contributed by atoms with van der Waals surface area (Å²) in [7, 11) is 2.16. The van der Waals surface area contributed by atoms with E-state index in [0.717, 1.165) is 13.1 Å². The minimum atomic E-state index is 0.579. The van der Waals surface area contributed by atoms with Crippen molar-refractivity contribution in [3.63, 3.8) is 0 Å². The van der Waals surface area contributed by atoms with Gasteiger partial charge in [-0.05, 0) is 61.9 Å². The fourth-order valence-corrected chi connectivity index (χ4v) is 2.58. The van der Waals surface area contributed by atoms with Crippen LogP contribution >= 0.6 is 0 Å². The van der Waals surface area contributed by atoms with Crippen molar-refractivity contribution in [2.75, 3.05) is 25.0 Å². The first-order chi connectivity index (χ1) is 8.42. The number of hydrogen-bond donors (Lipinski definition) is 1. The van der Waals surface area contributed by atoms with Crippen LogP contribution in [0.25, 0.3) is 0 Å². The average molecular weight is 248 g/mol. The molecule has 2 N–H and O–H groups in total. The molecule has 0 aromatic heterocycles. The topological polar surface area (TPSA) is 29.3 Å². The highest BCUT2D eigenvalue weighted by Crippen LogP contribution is 2.20. The number of nitrogens with zero attached hydrogens (tertiary/aromatic N) is 1. The zero-order valence-electron chi connectivity index (χ0n) is 12.5. The first kappa shape index (κ1) is 15.0. The molecular weight excluding hydrogens is 220 g/mol. The van der Waals surface area contributed by atoms with Gasteiger partial charge >= 0.3 is 0 Å². The van der Waals surface area contributed by atoms with E-state index in [-0.39, 0.29) is 0 Å². The summed E-state index contributed by atoms with van der Waals surface area (Å²) in [5.41, 5.74) is 9.83. The Morgan fingerprint density at radius 2 is 1.67 bits per heavy atom. The Kier molecular flexibility index (Phi) is 5.67. The molecule has 0 bridgehead atoms. The summed E-state index contributed by atoms with van der Waals surface area (Å²) >= 11 is 0. The Hall–Kier alpha value is -1.02. The van der Waals surface area contributed by atoms with Gasteiger partial charge in [-0.1, -0.05) is 19.9 Å². The summed E-state index contributed by atoms with van der Waals surface area (Å²) in [6, 6.07) is 6.71. The van der Waals surface area contributed by atoms with E-state index in [9.17, 15) is 0 Å². The Labute approximate surface area is 112 Å². The third-order valence-electron chi connectivity index (χ3n) is 3.32. The smallest absolute Gasteiger partial charge is 0.0369 e. The predicted molar refractivity (Wildman–Crippen MR) is 81.2 cm³/mol. The lowest BCUT2D eigenvalue weighted by molar-refractivity contribution is 0.419. The van der Waals surface area contributed by atoms with Crippen molar-refractivity contribution in [2.45, 2.75) is 34.1 Å². The molecule has 2 nitrogen and oxygen atoms in total. The normalized spacial score (nSPS) is 12.8. The van der Waals surface area contributed by atoms with E-state index in [0.29, 0.717) is 11.8 Å². The minimum absolute atomic E-state index is 0.579. The van der Waals surface area contributed by atoms with E-state index in [4.69, 9.17) is 5.73 Å². The molecule has 0 aliphatic carbocycles. The van der Waals surface area contributed by atoms with E-state index >= 15 is 0 Å². The van der Waals surface area contributed by atoms with Crippen LogP contribution in [0.1, 0.15) is 31.4 Å². The summed E-state index contributed by atoms with van der Waals surface area (Å²) in [4.78, 5) is 2.33. The van der Waals surface area contributed by atoms with Crippen LogP contribution in [0.2, 0.25) is 0 Å². The van der Waals surface area contributed by atoms with Crippen LogP contribution in [0.3, 0.4) is 0 Å². The zero-order valence-corrected chi connectivity index (χ0v) is 12.5. The van der Waals surface area contributed by atoms with Gasteiger partial charge in [0.25, 0.3) is 0 Å². The van der Waals surface area contributed by atoms with Crippen LogP contribution < -0.4 is 10.6 Å². The van der Waals surface area contributed by atoms with E-state index in [2.05, 4.69) is 57.8 Å². The molecule has 0 amide bonds. The number of benzene rings is 1. The number of rotatable bonds is 6. The predicted octanol–water partition coefficient (Wildman–Crippen LogP) is 3.36. The second-order valence-corrected chi connectivity index (χ2v) is 5.96. The molecule has 1 aromatic rings. The summed E-state index contributed by atoms with van der Waals surface area (Å²) in [6.07, 6.45) is 1.20. The molecule has 0 radical (unpaired) electrons. The summed E-state index contributed by atoms with van der Waals surface area (Å²) < 4.78 is 0. The molecule has 0 spiro atoms. The highest BCUT2D eigenvalue weighted by atomic mass is 15.1.